The van der Waals surface area contributed by atoms with E-state index in [-0.39, 0.29) is 0 Å². The summed E-state index contributed by atoms with van der Waals surface area (Å²) in [5.41, 5.74) is 0.790. The van der Waals surface area contributed by atoms with Gasteiger partial charge in [0.2, 0.25) is 0 Å². The molecule has 13 heavy (non-hydrogen) atoms. The molecule has 3 nitrogen and oxygen atoms in total. The van der Waals surface area contributed by atoms with E-state index >= 15 is 0 Å². The van der Waals surface area contributed by atoms with Gasteiger partial charge in [0.1, 0.15) is 18.6 Å². The number of rotatable bonds is 4. The molecule has 0 fully saturated rings. The molecule has 0 aliphatic heterocycles. The Hall–Kier alpha value is -1.51. The first-order chi connectivity index (χ1) is 6.38. The lowest BCUT2D eigenvalue weighted by molar-refractivity contribution is 0.160. The first kappa shape index (κ1) is 9.58. The molecule has 0 saturated carbocycles. The quantitative estimate of drug-likeness (QED) is 0.521. The highest BCUT2D eigenvalue weighted by atomic mass is 16.6. The molecule has 0 N–H and O–H groups in total. The van der Waals surface area contributed by atoms with Crippen LogP contribution in [0, 0.1) is 0 Å². The topological polar surface area (TPSA) is 30.8 Å². The summed E-state index contributed by atoms with van der Waals surface area (Å²) in [5, 5.41) is 3.64. The van der Waals surface area contributed by atoms with Crippen LogP contribution in [0.2, 0.25) is 0 Å². The van der Waals surface area contributed by atoms with Gasteiger partial charge in [0, 0.05) is 5.56 Å². The molecule has 3 heteroatoms. The third kappa shape index (κ3) is 2.78. The summed E-state index contributed by atoms with van der Waals surface area (Å²) in [6, 6.07) is 7.50. The monoisotopic (exact) mass is 178 g/mol. The molecule has 0 heterocycles. The third-order valence-electron chi connectivity index (χ3n) is 1.47. The van der Waals surface area contributed by atoms with Gasteiger partial charge in [-0.2, -0.15) is 0 Å². The summed E-state index contributed by atoms with van der Waals surface area (Å²) in [5.74, 6) is 0.742. The van der Waals surface area contributed by atoms with E-state index in [9.17, 15) is 0 Å². The lowest BCUT2D eigenvalue weighted by Crippen LogP contribution is -1.90. The fraction of sp³-hybridized carbons (Fsp3) is 0.300. The van der Waals surface area contributed by atoms with E-state index < -0.39 is 0 Å². The molecule has 0 amide bonds. The minimum Gasteiger partial charge on any atom is -0.496 e. The van der Waals surface area contributed by atoms with Gasteiger partial charge in [-0.1, -0.05) is 17.3 Å². The summed E-state index contributed by atoms with van der Waals surface area (Å²) in [6.07, 6.45) is 2.74. The Morgan fingerprint density at radius 3 is 2.85 bits per heavy atom. The van der Waals surface area contributed by atoms with Crippen LogP contribution in [0.3, 0.4) is 0 Å². The summed E-state index contributed by atoms with van der Waals surface area (Å²) in [7, 11) is 1.61. The fourth-order valence-electron chi connectivity index (χ4n) is 0.883. The van der Waals surface area contributed by atoms with Crippen LogP contribution in [0.15, 0.2) is 29.4 Å². The predicted molar refractivity (Wildman–Crippen MR) is 51.2 cm³/mol. The van der Waals surface area contributed by atoms with Crippen molar-refractivity contribution in [1.82, 2.24) is 0 Å². The molecule has 1 rings (SSSR count). The van der Waals surface area contributed by atoms with E-state index in [1.165, 1.54) is 0 Å². The van der Waals surface area contributed by atoms with E-state index in [1.807, 2.05) is 31.2 Å². The highest BCUT2D eigenvalue weighted by molar-refractivity contribution is 5.82. The van der Waals surface area contributed by atoms with Gasteiger partial charge in [-0.3, -0.25) is 0 Å². The first-order valence-corrected chi connectivity index (χ1v) is 4.09. The fourth-order valence-corrected chi connectivity index (χ4v) is 0.883. The van der Waals surface area contributed by atoms with Crippen molar-refractivity contribution in [3.05, 3.63) is 29.8 Å². The molecule has 0 unspecified atom stereocenters. The van der Waals surface area contributed by atoms with Gasteiger partial charge < -0.3 is 9.57 Å². The Bertz CT molecular complexity index is 284. The van der Waals surface area contributed by atoms with E-state index in [0.717, 1.165) is 11.3 Å². The molecule has 0 saturated heterocycles. The Labute approximate surface area is 78.0 Å². The molecular formula is C10H12NO2. The SMILES string of the molecule is CCO/N=[C]/c1ccccc1OC. The maximum atomic E-state index is 5.10. The van der Waals surface area contributed by atoms with Gasteiger partial charge in [-0.05, 0) is 19.1 Å². The normalized spacial score (nSPS) is 10.3. The summed E-state index contributed by atoms with van der Waals surface area (Å²) < 4.78 is 5.10. The van der Waals surface area contributed by atoms with Crippen molar-refractivity contribution in [3.63, 3.8) is 0 Å². The number of hydrogen-bond donors (Lipinski definition) is 0. The number of ether oxygens (including phenoxy) is 1. The van der Waals surface area contributed by atoms with Gasteiger partial charge >= 0.3 is 0 Å². The van der Waals surface area contributed by atoms with Crippen LogP contribution in [-0.2, 0) is 4.84 Å². The second kappa shape index (κ2) is 5.19. The van der Waals surface area contributed by atoms with E-state index in [0.29, 0.717) is 6.61 Å². The molecule has 0 bridgehead atoms. The van der Waals surface area contributed by atoms with Gasteiger partial charge in [-0.25, -0.2) is 0 Å². The van der Waals surface area contributed by atoms with Crippen molar-refractivity contribution in [2.45, 2.75) is 6.92 Å². The lowest BCUT2D eigenvalue weighted by Gasteiger charge is -2.01. The number of para-hydroxylation sites is 1. The van der Waals surface area contributed by atoms with Gasteiger partial charge in [0.05, 0.1) is 7.11 Å². The third-order valence-corrected chi connectivity index (χ3v) is 1.47. The number of hydrogen-bond acceptors (Lipinski definition) is 3. The van der Waals surface area contributed by atoms with Gasteiger partial charge in [0.25, 0.3) is 0 Å². The van der Waals surface area contributed by atoms with Crippen LogP contribution in [-0.4, -0.2) is 19.9 Å². The van der Waals surface area contributed by atoms with Crippen LogP contribution in [0.25, 0.3) is 0 Å². The summed E-state index contributed by atoms with van der Waals surface area (Å²) >= 11 is 0. The Morgan fingerprint density at radius 1 is 1.38 bits per heavy atom. The zero-order valence-electron chi connectivity index (χ0n) is 7.78. The van der Waals surface area contributed by atoms with Gasteiger partial charge in [0.15, 0.2) is 0 Å². The van der Waals surface area contributed by atoms with Crippen molar-refractivity contribution in [2.75, 3.05) is 13.7 Å². The molecule has 1 aromatic carbocycles. The largest absolute Gasteiger partial charge is 0.496 e. The van der Waals surface area contributed by atoms with Crippen molar-refractivity contribution in [2.24, 2.45) is 5.16 Å². The molecule has 0 aliphatic carbocycles. The molecule has 0 aliphatic rings. The van der Waals surface area contributed by atoms with Crippen LogP contribution >= 0.6 is 0 Å². The molecule has 0 atom stereocenters. The Balaban J connectivity index is 2.74. The zero-order chi connectivity index (χ0) is 9.52. The van der Waals surface area contributed by atoms with Crippen LogP contribution in [0.1, 0.15) is 12.5 Å². The molecule has 1 aromatic rings. The van der Waals surface area contributed by atoms with Crippen molar-refractivity contribution in [3.8, 4) is 5.75 Å². The molecule has 0 spiro atoms. The highest BCUT2D eigenvalue weighted by Gasteiger charge is 1.97. The van der Waals surface area contributed by atoms with E-state index in [4.69, 9.17) is 9.57 Å². The lowest BCUT2D eigenvalue weighted by atomic mass is 10.2. The maximum Gasteiger partial charge on any atom is 0.143 e. The average molecular weight is 178 g/mol. The number of methoxy groups -OCH3 is 1. The van der Waals surface area contributed by atoms with Crippen molar-refractivity contribution >= 4 is 6.21 Å². The van der Waals surface area contributed by atoms with Crippen molar-refractivity contribution in [1.29, 1.82) is 0 Å². The van der Waals surface area contributed by atoms with Crippen LogP contribution in [0.4, 0.5) is 0 Å². The Kier molecular flexibility index (Phi) is 3.82. The minimum absolute atomic E-state index is 0.544. The minimum atomic E-state index is 0.544. The smallest absolute Gasteiger partial charge is 0.143 e. The standard InChI is InChI=1S/C10H12NO2/c1-3-13-11-8-9-6-4-5-7-10(9)12-2/h4-7H,3H2,1-2H3. The zero-order valence-corrected chi connectivity index (χ0v) is 7.78. The van der Waals surface area contributed by atoms with Crippen LogP contribution in [0.5, 0.6) is 5.75 Å². The van der Waals surface area contributed by atoms with Crippen molar-refractivity contribution < 1.29 is 9.57 Å². The summed E-state index contributed by atoms with van der Waals surface area (Å²) in [4.78, 5) is 4.80. The van der Waals surface area contributed by atoms with E-state index in [2.05, 4.69) is 11.4 Å². The Morgan fingerprint density at radius 2 is 2.15 bits per heavy atom. The molecule has 0 aromatic heterocycles. The summed E-state index contributed by atoms with van der Waals surface area (Å²) in [6.45, 7) is 2.41. The van der Waals surface area contributed by atoms with Gasteiger partial charge in [-0.15, -0.1) is 0 Å². The molecular weight excluding hydrogens is 166 g/mol. The molecule has 1 radical (unpaired) electrons. The maximum absolute atomic E-state index is 5.10. The first-order valence-electron chi connectivity index (χ1n) is 4.09. The number of nitrogens with zero attached hydrogens (tertiary/aromatic N) is 1. The highest BCUT2D eigenvalue weighted by Crippen LogP contribution is 2.14. The predicted octanol–water partition coefficient (Wildman–Crippen LogP) is 1.94. The number of benzene rings is 1. The van der Waals surface area contributed by atoms with E-state index in [1.54, 1.807) is 7.11 Å². The second-order valence-corrected chi connectivity index (χ2v) is 2.32. The molecule has 69 valence electrons. The second-order valence-electron chi connectivity index (χ2n) is 2.32. The average Bonchev–Trinajstić information content (AvgIpc) is 2.19. The van der Waals surface area contributed by atoms with Crippen LogP contribution < -0.4 is 4.74 Å².